The predicted octanol–water partition coefficient (Wildman–Crippen LogP) is 5.10. The van der Waals surface area contributed by atoms with Crippen LogP contribution in [0.15, 0.2) is 54.6 Å². The Labute approximate surface area is 234 Å². The van der Waals surface area contributed by atoms with Crippen LogP contribution in [0.3, 0.4) is 0 Å². The van der Waals surface area contributed by atoms with Crippen molar-refractivity contribution >= 4 is 34.5 Å². The van der Waals surface area contributed by atoms with Crippen LogP contribution in [0.5, 0.6) is 5.75 Å². The number of likely N-dealkylation sites (tertiary alicyclic amines) is 1. The summed E-state index contributed by atoms with van der Waals surface area (Å²) in [5.74, 6) is 0.255. The topological polar surface area (TPSA) is 102 Å². The van der Waals surface area contributed by atoms with Gasteiger partial charge in [-0.2, -0.15) is 0 Å². The van der Waals surface area contributed by atoms with Crippen molar-refractivity contribution in [2.75, 3.05) is 31.1 Å². The Bertz CT molecular complexity index is 1460. The fourth-order valence-electron chi connectivity index (χ4n) is 5.32. The summed E-state index contributed by atoms with van der Waals surface area (Å²) in [6, 6.07) is 17.1. The van der Waals surface area contributed by atoms with E-state index >= 15 is 0 Å². The van der Waals surface area contributed by atoms with Crippen LogP contribution >= 0.6 is 0 Å². The van der Waals surface area contributed by atoms with Gasteiger partial charge >= 0.3 is 12.1 Å². The maximum Gasteiger partial charge on any atom is 0.407 e. The number of carbonyl (C=O) groups excluding carboxylic acids is 3. The maximum absolute atomic E-state index is 13.9. The van der Waals surface area contributed by atoms with Gasteiger partial charge in [0.25, 0.3) is 0 Å². The zero-order chi connectivity index (χ0) is 28.6. The number of hydrogen-bond donors (Lipinski definition) is 2. The minimum atomic E-state index is -0.626. The first kappa shape index (κ1) is 27.3. The zero-order valence-electron chi connectivity index (χ0n) is 23.4. The summed E-state index contributed by atoms with van der Waals surface area (Å²) in [5, 5.41) is 15.1. The molecule has 0 saturated carbocycles. The van der Waals surface area contributed by atoms with Gasteiger partial charge in [-0.3, -0.25) is 9.69 Å². The number of urea groups is 1. The molecule has 0 aliphatic carbocycles. The second kappa shape index (κ2) is 10.7. The van der Waals surface area contributed by atoms with Crippen LogP contribution in [-0.4, -0.2) is 70.8 Å². The average molecular weight is 545 g/mol. The lowest BCUT2D eigenvalue weighted by atomic mass is 9.94. The number of carbonyl (C=O) groups is 3. The molecule has 0 aromatic heterocycles. The Morgan fingerprint density at radius 2 is 1.82 bits per heavy atom. The van der Waals surface area contributed by atoms with Crippen LogP contribution in [0.2, 0.25) is 0 Å². The monoisotopic (exact) mass is 544 g/mol. The van der Waals surface area contributed by atoms with E-state index in [1.54, 1.807) is 42.7 Å². The molecule has 0 radical (unpaired) electrons. The molecule has 2 aliphatic rings. The fourth-order valence-corrected chi connectivity index (χ4v) is 5.32. The number of hydrogen-bond acceptors (Lipinski definition) is 5. The van der Waals surface area contributed by atoms with Gasteiger partial charge in [0.1, 0.15) is 11.4 Å². The number of rotatable bonds is 6. The van der Waals surface area contributed by atoms with E-state index in [2.05, 4.69) is 5.32 Å². The number of nitrogens with zero attached hydrogens (tertiary/aromatic N) is 3. The molecule has 3 aromatic carbocycles. The van der Waals surface area contributed by atoms with E-state index in [9.17, 15) is 19.5 Å². The van der Waals surface area contributed by atoms with Gasteiger partial charge in [0.2, 0.25) is 5.91 Å². The van der Waals surface area contributed by atoms with Crippen molar-refractivity contribution in [3.8, 4) is 16.9 Å². The maximum atomic E-state index is 13.9. The molecule has 0 bridgehead atoms. The smallest absolute Gasteiger partial charge is 0.407 e. The van der Waals surface area contributed by atoms with Crippen molar-refractivity contribution in [3.63, 3.8) is 0 Å². The fraction of sp³-hybridized carbons (Fsp3) is 0.387. The normalized spacial score (nSPS) is 15.6. The van der Waals surface area contributed by atoms with Crippen LogP contribution in [0, 0.1) is 0 Å². The molecule has 210 valence electrons. The summed E-state index contributed by atoms with van der Waals surface area (Å²) in [7, 11) is 0. The van der Waals surface area contributed by atoms with Crippen LogP contribution < -0.4 is 10.2 Å². The third-order valence-corrected chi connectivity index (χ3v) is 7.31. The average Bonchev–Trinajstić information content (AvgIpc) is 2.87. The van der Waals surface area contributed by atoms with Crippen molar-refractivity contribution < 1.29 is 24.2 Å². The number of phenolic OH excluding ortho intramolecular Hbond substituents is 1. The Kier molecular flexibility index (Phi) is 7.31. The van der Waals surface area contributed by atoms with Crippen LogP contribution in [-0.2, 0) is 16.1 Å². The number of nitrogens with one attached hydrogen (secondary N) is 1. The summed E-state index contributed by atoms with van der Waals surface area (Å²) >= 11 is 0. The molecule has 2 aliphatic heterocycles. The molecule has 2 heterocycles. The number of anilines is 1. The summed E-state index contributed by atoms with van der Waals surface area (Å²) in [6.45, 7) is 9.16. The van der Waals surface area contributed by atoms with Gasteiger partial charge < -0.3 is 25.0 Å². The lowest BCUT2D eigenvalue weighted by Crippen LogP contribution is -2.65. The lowest BCUT2D eigenvalue weighted by molar-refractivity contribution is -0.137. The van der Waals surface area contributed by atoms with E-state index < -0.39 is 11.7 Å². The third-order valence-electron chi connectivity index (χ3n) is 7.31. The number of alkyl carbamates (subject to hydrolysis) is 1. The zero-order valence-corrected chi connectivity index (χ0v) is 23.4. The van der Waals surface area contributed by atoms with Gasteiger partial charge in [0.15, 0.2) is 0 Å². The molecule has 2 N–H and O–H groups in total. The molecule has 0 atom stereocenters. The molecule has 1 saturated heterocycles. The Hall–Kier alpha value is -4.27. The first-order valence-corrected chi connectivity index (χ1v) is 13.7. The van der Waals surface area contributed by atoms with E-state index in [0.29, 0.717) is 26.1 Å². The van der Waals surface area contributed by atoms with Crippen molar-refractivity contribution in [1.29, 1.82) is 0 Å². The van der Waals surface area contributed by atoms with E-state index in [-0.39, 0.29) is 36.8 Å². The molecule has 40 heavy (non-hydrogen) atoms. The van der Waals surface area contributed by atoms with Crippen LogP contribution in [0.25, 0.3) is 21.9 Å². The number of fused-ring (bicyclic) bond motifs is 2. The predicted molar refractivity (Wildman–Crippen MR) is 154 cm³/mol. The highest BCUT2D eigenvalue weighted by Gasteiger charge is 2.41. The number of phenols is 1. The molecule has 3 aromatic rings. The molecule has 1 fully saturated rings. The lowest BCUT2D eigenvalue weighted by Gasteiger charge is -2.48. The molecule has 4 amide bonds. The van der Waals surface area contributed by atoms with E-state index in [4.69, 9.17) is 4.74 Å². The van der Waals surface area contributed by atoms with Crippen molar-refractivity contribution in [2.24, 2.45) is 0 Å². The first-order valence-electron chi connectivity index (χ1n) is 13.7. The van der Waals surface area contributed by atoms with Gasteiger partial charge in [-0.1, -0.05) is 43.3 Å². The highest BCUT2D eigenvalue weighted by Crippen LogP contribution is 2.38. The molecule has 0 unspecified atom stereocenters. The van der Waals surface area contributed by atoms with E-state index in [1.807, 2.05) is 54.3 Å². The third kappa shape index (κ3) is 5.54. The number of ether oxygens (including phenoxy) is 1. The summed E-state index contributed by atoms with van der Waals surface area (Å²) < 4.78 is 5.36. The van der Waals surface area contributed by atoms with Gasteiger partial charge in [-0.05, 0) is 66.4 Å². The Balaban J connectivity index is 1.45. The summed E-state index contributed by atoms with van der Waals surface area (Å²) in [5.41, 5.74) is 2.86. The van der Waals surface area contributed by atoms with Crippen molar-refractivity contribution in [1.82, 2.24) is 15.1 Å². The highest BCUT2D eigenvalue weighted by atomic mass is 16.6. The van der Waals surface area contributed by atoms with Gasteiger partial charge in [0, 0.05) is 39.1 Å². The molecule has 9 heteroatoms. The first-order chi connectivity index (χ1) is 19.0. The quantitative estimate of drug-likeness (QED) is 0.450. The van der Waals surface area contributed by atoms with Crippen molar-refractivity contribution in [3.05, 3.63) is 60.2 Å². The van der Waals surface area contributed by atoms with Crippen molar-refractivity contribution in [2.45, 2.75) is 52.3 Å². The van der Waals surface area contributed by atoms with E-state index in [0.717, 1.165) is 33.2 Å². The molecular formula is C31H36N4O5. The Morgan fingerprint density at radius 1 is 1.07 bits per heavy atom. The minimum absolute atomic E-state index is 0.0628. The van der Waals surface area contributed by atoms with Gasteiger partial charge in [0.05, 0.1) is 11.7 Å². The minimum Gasteiger partial charge on any atom is -0.508 e. The second-order valence-electron chi connectivity index (χ2n) is 11.4. The summed E-state index contributed by atoms with van der Waals surface area (Å²) in [4.78, 5) is 43.5. The standard InChI is InChI=1S/C31H36N4O5/c1-5-28(37)33-18-23(19-33)35-17-22-11-10-21(26-16-24(36)14-20-8-6-7-9-25(20)26)15-27(22)34(30(35)39)13-12-32-29(38)40-31(2,3)4/h6-11,14-16,23,36H,5,12-13,17-19H2,1-4H3,(H,32,38). The largest absolute Gasteiger partial charge is 0.508 e. The molecule has 0 spiro atoms. The van der Waals surface area contributed by atoms with E-state index in [1.165, 1.54) is 0 Å². The van der Waals surface area contributed by atoms with Crippen LogP contribution in [0.1, 0.15) is 39.7 Å². The molecule has 9 nitrogen and oxygen atoms in total. The van der Waals surface area contributed by atoms with Crippen LogP contribution in [0.4, 0.5) is 15.3 Å². The second-order valence-corrected chi connectivity index (χ2v) is 11.4. The number of benzene rings is 3. The van der Waals surface area contributed by atoms with Gasteiger partial charge in [-0.25, -0.2) is 9.59 Å². The summed E-state index contributed by atoms with van der Waals surface area (Å²) in [6.07, 6.45) is -0.0971. The SMILES string of the molecule is CCC(=O)N1CC(N2Cc3ccc(-c4cc(O)cc5ccccc45)cc3N(CCNC(=O)OC(C)(C)C)C2=O)C1. The molecular weight excluding hydrogens is 508 g/mol. The number of aromatic hydroxyl groups is 1. The number of amides is 4. The van der Waals surface area contributed by atoms with Gasteiger partial charge in [-0.15, -0.1) is 0 Å². The Morgan fingerprint density at radius 3 is 2.55 bits per heavy atom. The molecule has 5 rings (SSSR count). The highest BCUT2D eigenvalue weighted by molar-refractivity contribution is 6.00.